The molecular weight excluding hydrogens is 537 g/mol. The lowest BCUT2D eigenvalue weighted by Crippen LogP contribution is -2.31. The third-order valence-corrected chi connectivity index (χ3v) is 8.07. The van der Waals surface area contributed by atoms with Crippen LogP contribution in [0.2, 0.25) is 5.02 Å². The van der Waals surface area contributed by atoms with Crippen molar-refractivity contribution in [2.45, 2.75) is 37.7 Å². The van der Waals surface area contributed by atoms with Crippen LogP contribution in [-0.2, 0) is 14.3 Å². The van der Waals surface area contributed by atoms with Crippen LogP contribution >= 0.6 is 23.2 Å². The summed E-state index contributed by atoms with van der Waals surface area (Å²) in [7, 11) is 0. The van der Waals surface area contributed by atoms with Gasteiger partial charge in [0.25, 0.3) is 0 Å². The maximum absolute atomic E-state index is 13.3. The number of alkyl halides is 1. The van der Waals surface area contributed by atoms with E-state index in [-0.39, 0.29) is 53.2 Å². The van der Waals surface area contributed by atoms with Gasteiger partial charge in [0.15, 0.2) is 6.10 Å². The lowest BCUT2D eigenvalue weighted by Gasteiger charge is -2.28. The Hall–Kier alpha value is -3.48. The fourth-order valence-corrected chi connectivity index (χ4v) is 5.87. The van der Waals surface area contributed by atoms with Crippen LogP contribution in [0.5, 0.6) is 0 Å². The number of hydrogen-bond donors (Lipinski definition) is 0. The van der Waals surface area contributed by atoms with Gasteiger partial charge in [-0.15, -0.1) is 11.6 Å². The van der Waals surface area contributed by atoms with Gasteiger partial charge >= 0.3 is 5.97 Å². The van der Waals surface area contributed by atoms with E-state index >= 15 is 0 Å². The molecule has 39 heavy (non-hydrogen) atoms. The molecule has 1 heterocycles. The van der Waals surface area contributed by atoms with Crippen LogP contribution in [0.15, 0.2) is 78.9 Å². The van der Waals surface area contributed by atoms with E-state index in [0.29, 0.717) is 29.1 Å². The Morgan fingerprint density at radius 2 is 1.49 bits per heavy atom. The highest BCUT2D eigenvalue weighted by Gasteiger charge is 2.50. The Labute approximate surface area is 236 Å². The van der Waals surface area contributed by atoms with Gasteiger partial charge in [0.1, 0.15) is 0 Å². The molecular formula is C31H27Cl2NO5. The summed E-state index contributed by atoms with van der Waals surface area (Å²) in [6, 6.07) is 22.5. The molecule has 1 saturated heterocycles. The van der Waals surface area contributed by atoms with Crippen molar-refractivity contribution in [3.8, 4) is 0 Å². The quantitative estimate of drug-likeness (QED) is 0.136. The summed E-state index contributed by atoms with van der Waals surface area (Å²) < 4.78 is 5.51. The number of halogens is 2. The van der Waals surface area contributed by atoms with Gasteiger partial charge in [-0.3, -0.25) is 19.3 Å². The van der Waals surface area contributed by atoms with Crippen molar-refractivity contribution in [1.29, 1.82) is 0 Å². The van der Waals surface area contributed by atoms with Crippen LogP contribution in [0.3, 0.4) is 0 Å². The van der Waals surface area contributed by atoms with Crippen LogP contribution < -0.4 is 4.90 Å². The zero-order chi connectivity index (χ0) is 27.5. The highest BCUT2D eigenvalue weighted by molar-refractivity contribution is 6.30. The molecule has 0 aromatic heterocycles. The molecule has 6 nitrogen and oxygen atoms in total. The summed E-state index contributed by atoms with van der Waals surface area (Å²) in [5.74, 6) is -1.76. The zero-order valence-electron chi connectivity index (χ0n) is 21.1. The molecule has 0 N–H and O–H groups in total. The van der Waals surface area contributed by atoms with Crippen LogP contribution in [-0.4, -0.2) is 35.6 Å². The summed E-state index contributed by atoms with van der Waals surface area (Å²) in [6.07, 6.45) is 1.26. The van der Waals surface area contributed by atoms with Crippen LogP contribution in [0.4, 0.5) is 5.69 Å². The normalized spacial score (nSPS) is 21.4. The maximum atomic E-state index is 13.3. The Kier molecular flexibility index (Phi) is 8.15. The van der Waals surface area contributed by atoms with E-state index in [1.54, 1.807) is 36.4 Å². The first-order valence-corrected chi connectivity index (χ1v) is 13.9. The Balaban J connectivity index is 1.27. The molecule has 1 aliphatic carbocycles. The fraction of sp³-hybridized carbons (Fsp3) is 0.290. The second-order valence-corrected chi connectivity index (χ2v) is 10.7. The number of hydrogen-bond acceptors (Lipinski definition) is 5. The topological polar surface area (TPSA) is 80.8 Å². The van der Waals surface area contributed by atoms with E-state index in [1.165, 1.54) is 22.6 Å². The summed E-state index contributed by atoms with van der Waals surface area (Å²) in [6.45, 7) is 0. The predicted octanol–water partition coefficient (Wildman–Crippen LogP) is 6.45. The summed E-state index contributed by atoms with van der Waals surface area (Å²) in [5, 5.41) is 0.489. The molecule has 3 aromatic carbocycles. The number of amides is 2. The first-order valence-electron chi connectivity index (χ1n) is 13.0. The number of esters is 1. The minimum atomic E-state index is -1.06. The molecule has 0 radical (unpaired) electrons. The largest absolute Gasteiger partial charge is 0.450 e. The molecule has 200 valence electrons. The van der Waals surface area contributed by atoms with Gasteiger partial charge in [0, 0.05) is 22.9 Å². The average molecular weight is 564 g/mol. The number of ketones is 1. The van der Waals surface area contributed by atoms with Crippen molar-refractivity contribution in [3.63, 3.8) is 0 Å². The predicted molar refractivity (Wildman–Crippen MR) is 149 cm³/mol. The van der Waals surface area contributed by atoms with Gasteiger partial charge < -0.3 is 4.74 Å². The number of Topliss-reactive ketones (excluding diaryl/α,β-unsaturated/α-hetero) is 1. The van der Waals surface area contributed by atoms with E-state index in [9.17, 15) is 19.2 Å². The van der Waals surface area contributed by atoms with Gasteiger partial charge in [0.2, 0.25) is 17.6 Å². The second kappa shape index (κ2) is 11.7. The first-order chi connectivity index (χ1) is 18.9. The summed E-state index contributed by atoms with van der Waals surface area (Å²) >= 11 is 11.8. The molecule has 0 unspecified atom stereocenters. The molecule has 8 heteroatoms. The average Bonchev–Trinajstić information content (AvgIpc) is 3.22. The molecule has 3 aromatic rings. The number of benzene rings is 3. The van der Waals surface area contributed by atoms with E-state index < -0.39 is 12.1 Å². The number of ether oxygens (including phenoxy) is 1. The molecule has 2 amide bonds. The van der Waals surface area contributed by atoms with E-state index in [4.69, 9.17) is 27.9 Å². The summed E-state index contributed by atoms with van der Waals surface area (Å²) in [5.41, 5.74) is 2.17. The van der Waals surface area contributed by atoms with Crippen molar-refractivity contribution in [1.82, 2.24) is 0 Å². The van der Waals surface area contributed by atoms with Crippen molar-refractivity contribution in [3.05, 3.63) is 101 Å². The minimum absolute atomic E-state index is 0.128. The number of nitrogens with zero attached hydrogens (tertiary/aromatic N) is 1. The minimum Gasteiger partial charge on any atom is -0.450 e. The number of fused-ring (bicyclic) bond motifs is 1. The Morgan fingerprint density at radius 3 is 2.15 bits per heavy atom. The SMILES string of the molecule is O=C(O[C@@H](CCCl)C(=O)c1ccc(Cl)cc1)c1ccc(N2C(=O)[C@H]3CC[C@H](c4ccccc4)C[C@H]3C2=O)cc1. The van der Waals surface area contributed by atoms with Gasteiger partial charge in [-0.25, -0.2) is 4.79 Å². The monoisotopic (exact) mass is 563 g/mol. The van der Waals surface area contributed by atoms with Gasteiger partial charge in [-0.1, -0.05) is 41.9 Å². The second-order valence-electron chi connectivity index (χ2n) is 9.94. The van der Waals surface area contributed by atoms with Gasteiger partial charge in [0.05, 0.1) is 23.1 Å². The van der Waals surface area contributed by atoms with Gasteiger partial charge in [-0.2, -0.15) is 0 Å². The number of anilines is 1. The lowest BCUT2D eigenvalue weighted by atomic mass is 9.73. The highest BCUT2D eigenvalue weighted by atomic mass is 35.5. The zero-order valence-corrected chi connectivity index (χ0v) is 22.6. The number of rotatable bonds is 8. The van der Waals surface area contributed by atoms with E-state index in [1.807, 2.05) is 18.2 Å². The molecule has 0 spiro atoms. The molecule has 5 rings (SSSR count). The van der Waals surface area contributed by atoms with Crippen molar-refractivity contribution in [2.24, 2.45) is 11.8 Å². The lowest BCUT2D eigenvalue weighted by molar-refractivity contribution is -0.122. The van der Waals surface area contributed by atoms with Gasteiger partial charge in [-0.05, 0) is 79.3 Å². The van der Waals surface area contributed by atoms with Crippen molar-refractivity contribution < 1.29 is 23.9 Å². The van der Waals surface area contributed by atoms with Crippen molar-refractivity contribution in [2.75, 3.05) is 10.8 Å². The first kappa shape index (κ1) is 27.1. The molecule has 2 aliphatic rings. The maximum Gasteiger partial charge on any atom is 0.338 e. The molecule has 1 aliphatic heterocycles. The molecule has 0 bridgehead atoms. The van der Waals surface area contributed by atoms with Crippen LogP contribution in [0.25, 0.3) is 0 Å². The van der Waals surface area contributed by atoms with Crippen molar-refractivity contribution >= 4 is 52.5 Å². The Bertz CT molecular complexity index is 1370. The smallest absolute Gasteiger partial charge is 0.338 e. The number of carbonyl (C=O) groups excluding carboxylic acids is 4. The third-order valence-electron chi connectivity index (χ3n) is 7.60. The number of imide groups is 1. The van der Waals surface area contributed by atoms with E-state index in [2.05, 4.69) is 12.1 Å². The molecule has 4 atom stereocenters. The standard InChI is InChI=1S/C31H27Cl2NO5/c32-17-16-27(28(35)20-6-11-23(33)12-7-20)39-31(38)21-8-13-24(14-9-21)34-29(36)25-15-10-22(18-26(25)30(34)37)19-4-2-1-3-5-19/h1-9,11-14,22,25-27H,10,15-18H2/t22-,25-,26+,27-/m0/s1. The van der Waals surface area contributed by atoms with Crippen LogP contribution in [0, 0.1) is 11.8 Å². The number of carbonyl (C=O) groups is 4. The highest BCUT2D eigenvalue weighted by Crippen LogP contribution is 2.45. The van der Waals surface area contributed by atoms with Crippen LogP contribution in [0.1, 0.15) is 57.9 Å². The molecule has 1 saturated carbocycles. The summed E-state index contributed by atoms with van der Waals surface area (Å²) in [4.78, 5) is 53.6. The molecule has 2 fully saturated rings. The fourth-order valence-electron chi connectivity index (χ4n) is 5.55. The van der Waals surface area contributed by atoms with E-state index in [0.717, 1.165) is 6.42 Å². The third kappa shape index (κ3) is 5.63. The Morgan fingerprint density at radius 1 is 0.846 bits per heavy atom.